The number of aliphatic hydroxyl groups excluding tert-OH is 5. The average molecular weight is 580 g/mol. The molecule has 40 heavy (non-hydrogen) atoms. The van der Waals surface area contributed by atoms with Crippen molar-refractivity contribution in [1.29, 1.82) is 0 Å². The largest absolute Gasteiger partial charge is 0.394 e. The van der Waals surface area contributed by atoms with Gasteiger partial charge in [-0.25, -0.2) is 0 Å². The molecule has 0 aromatic rings. The molecule has 0 spiro atoms. The van der Waals surface area contributed by atoms with Crippen molar-refractivity contribution in [3.05, 3.63) is 0 Å². The summed E-state index contributed by atoms with van der Waals surface area (Å²) in [5, 5.41) is 53.6. The molecule has 234 valence electrons. The van der Waals surface area contributed by atoms with Gasteiger partial charge in [0.2, 0.25) is 5.91 Å². The summed E-state index contributed by atoms with van der Waals surface area (Å²) in [5.74, 6) is -0.272. The quantitative estimate of drug-likeness (QED) is 0.168. The maximum Gasteiger partial charge on any atom is 0.248 e. The van der Waals surface area contributed by atoms with E-state index in [-0.39, 0.29) is 25.0 Å². The highest BCUT2D eigenvalue weighted by molar-refractivity contribution is 5.80. The topological polar surface area (TPSA) is 186 Å². The molecule has 3 aliphatic rings. The van der Waals surface area contributed by atoms with Crippen molar-refractivity contribution in [1.82, 2.24) is 5.32 Å². The molecule has 2 heterocycles. The van der Waals surface area contributed by atoms with Gasteiger partial charge in [0.15, 0.2) is 12.6 Å². The zero-order valence-electron chi connectivity index (χ0n) is 24.0. The number of rotatable bonds is 11. The summed E-state index contributed by atoms with van der Waals surface area (Å²) in [6.45, 7) is 4.81. The Morgan fingerprint density at radius 1 is 1.05 bits per heavy atom. The van der Waals surface area contributed by atoms with E-state index in [4.69, 9.17) is 28.4 Å². The third kappa shape index (κ3) is 8.32. The van der Waals surface area contributed by atoms with Crippen LogP contribution < -0.4 is 5.32 Å². The Bertz CT molecular complexity index is 761. The van der Waals surface area contributed by atoms with Gasteiger partial charge in [-0.2, -0.15) is 0 Å². The molecular weight excluding hydrogens is 530 g/mol. The molecule has 2 aliphatic heterocycles. The van der Waals surface area contributed by atoms with Gasteiger partial charge in [0.1, 0.15) is 36.6 Å². The van der Waals surface area contributed by atoms with Gasteiger partial charge in [-0.1, -0.05) is 19.8 Å². The lowest BCUT2D eigenvalue weighted by Gasteiger charge is -2.45. The van der Waals surface area contributed by atoms with Crippen LogP contribution in [-0.4, -0.2) is 132 Å². The summed E-state index contributed by atoms with van der Waals surface area (Å²) >= 11 is 0. The molecular formula is C27H49NO12. The lowest BCUT2D eigenvalue weighted by Crippen LogP contribution is -2.59. The first-order chi connectivity index (χ1) is 19.1. The van der Waals surface area contributed by atoms with Crippen LogP contribution in [0.5, 0.6) is 0 Å². The van der Waals surface area contributed by atoms with Gasteiger partial charge < -0.3 is 59.3 Å². The highest BCUT2D eigenvalue weighted by Gasteiger charge is 2.47. The minimum Gasteiger partial charge on any atom is -0.394 e. The molecule has 3 rings (SSSR count). The Hall–Kier alpha value is -0.970. The number of ether oxygens (including phenoxy) is 6. The number of aliphatic hydroxyl groups is 5. The number of likely N-dealkylation sites (N-methyl/N-ethyl adjacent to an activating group) is 1. The van der Waals surface area contributed by atoms with Crippen LogP contribution in [0.1, 0.15) is 59.3 Å². The first-order valence-corrected chi connectivity index (χ1v) is 14.5. The monoisotopic (exact) mass is 579 g/mol. The van der Waals surface area contributed by atoms with Gasteiger partial charge >= 0.3 is 0 Å². The Kier molecular flexibility index (Phi) is 13.4. The molecule has 1 saturated carbocycles. The predicted molar refractivity (Wildman–Crippen MR) is 140 cm³/mol. The second-order valence-electron chi connectivity index (χ2n) is 11.0. The summed E-state index contributed by atoms with van der Waals surface area (Å²) in [7, 11) is 1.52. The molecule has 0 aromatic carbocycles. The van der Waals surface area contributed by atoms with Gasteiger partial charge in [0.25, 0.3) is 0 Å². The van der Waals surface area contributed by atoms with Crippen LogP contribution in [0.25, 0.3) is 0 Å². The molecule has 13 heteroatoms. The molecule has 3 fully saturated rings. The summed E-state index contributed by atoms with van der Waals surface area (Å²) in [6.07, 6.45) is -7.66. The first kappa shape index (κ1) is 33.5. The van der Waals surface area contributed by atoms with E-state index < -0.39 is 80.2 Å². The van der Waals surface area contributed by atoms with E-state index in [9.17, 15) is 30.3 Å². The van der Waals surface area contributed by atoms with Crippen molar-refractivity contribution in [2.24, 2.45) is 5.92 Å². The summed E-state index contributed by atoms with van der Waals surface area (Å²) in [5.41, 5.74) is 0. The minimum atomic E-state index is -1.46. The van der Waals surface area contributed by atoms with Gasteiger partial charge in [-0.05, 0) is 45.4 Å². The fourth-order valence-electron chi connectivity index (χ4n) is 5.61. The van der Waals surface area contributed by atoms with Crippen LogP contribution in [0.4, 0.5) is 0 Å². The Labute approximate surface area is 236 Å². The number of nitrogens with one attached hydrogen (secondary N) is 1. The highest BCUT2D eigenvalue weighted by atomic mass is 16.7. The molecule has 1 aliphatic carbocycles. The SMILES string of the molecule is CCC1CCCC(OC(OC(C)CO)C2OCCCC(C(=O)NC)OC2CO)C1OC1OC(C)C(O)C(O)C1O. The van der Waals surface area contributed by atoms with Crippen LogP contribution in [0.15, 0.2) is 0 Å². The molecule has 6 N–H and O–H groups in total. The molecule has 13 unspecified atom stereocenters. The number of amides is 1. The van der Waals surface area contributed by atoms with E-state index in [1.54, 1.807) is 13.8 Å². The lowest BCUT2D eigenvalue weighted by molar-refractivity contribution is -0.334. The van der Waals surface area contributed by atoms with Crippen LogP contribution in [0, 0.1) is 5.92 Å². The van der Waals surface area contributed by atoms with Crippen molar-refractivity contribution in [2.75, 3.05) is 26.9 Å². The van der Waals surface area contributed by atoms with E-state index in [0.29, 0.717) is 19.3 Å². The van der Waals surface area contributed by atoms with Crippen LogP contribution in [-0.2, 0) is 33.2 Å². The second-order valence-corrected chi connectivity index (χ2v) is 11.0. The maximum atomic E-state index is 12.4. The number of hydrogen-bond donors (Lipinski definition) is 6. The van der Waals surface area contributed by atoms with E-state index in [0.717, 1.165) is 19.3 Å². The fourth-order valence-corrected chi connectivity index (χ4v) is 5.61. The van der Waals surface area contributed by atoms with Crippen molar-refractivity contribution in [2.45, 2.75) is 133 Å². The van der Waals surface area contributed by atoms with Crippen LogP contribution >= 0.6 is 0 Å². The van der Waals surface area contributed by atoms with Gasteiger partial charge in [0.05, 0.1) is 37.6 Å². The number of carbonyl (C=O) groups excluding carboxylic acids is 1. The Morgan fingerprint density at radius 2 is 1.80 bits per heavy atom. The fraction of sp³-hybridized carbons (Fsp3) is 0.963. The van der Waals surface area contributed by atoms with E-state index in [2.05, 4.69) is 5.32 Å². The van der Waals surface area contributed by atoms with E-state index in [1.165, 1.54) is 7.05 Å². The molecule has 0 bridgehead atoms. The zero-order valence-corrected chi connectivity index (χ0v) is 24.0. The van der Waals surface area contributed by atoms with Crippen molar-refractivity contribution in [3.8, 4) is 0 Å². The molecule has 0 aromatic heterocycles. The third-order valence-electron chi connectivity index (χ3n) is 8.06. The van der Waals surface area contributed by atoms with Crippen molar-refractivity contribution in [3.63, 3.8) is 0 Å². The molecule has 13 atom stereocenters. The van der Waals surface area contributed by atoms with Crippen LogP contribution in [0.3, 0.4) is 0 Å². The molecule has 1 amide bonds. The Morgan fingerprint density at radius 3 is 2.45 bits per heavy atom. The smallest absolute Gasteiger partial charge is 0.248 e. The molecule has 0 radical (unpaired) electrons. The summed E-state index contributed by atoms with van der Waals surface area (Å²) in [4.78, 5) is 12.4. The zero-order chi connectivity index (χ0) is 29.4. The number of hydrogen-bond acceptors (Lipinski definition) is 12. The normalized spacial score (nSPS) is 41.0. The maximum absolute atomic E-state index is 12.4. The Balaban J connectivity index is 1.85. The number of carbonyl (C=O) groups is 1. The molecule has 13 nitrogen and oxygen atoms in total. The summed E-state index contributed by atoms with van der Waals surface area (Å²) < 4.78 is 36.7. The average Bonchev–Trinajstić information content (AvgIpc) is 2.94. The van der Waals surface area contributed by atoms with Crippen molar-refractivity contribution >= 4 is 5.91 Å². The van der Waals surface area contributed by atoms with Crippen LogP contribution in [0.2, 0.25) is 0 Å². The standard InChI is InChI=1S/C27H49NO12/c1-5-16-8-6-9-17(23(16)40-26-22(33)21(32)20(31)15(3)37-26)39-27(36-14(2)12-29)24-19(13-30)38-18(25(34)28-4)10-7-11-35-24/h14-24,26-27,29-33H,5-13H2,1-4H3,(H,28,34). The second kappa shape index (κ2) is 16.0. The third-order valence-corrected chi connectivity index (χ3v) is 8.06. The van der Waals surface area contributed by atoms with Crippen molar-refractivity contribution < 1.29 is 58.7 Å². The first-order valence-electron chi connectivity index (χ1n) is 14.5. The van der Waals surface area contributed by atoms with E-state index in [1.807, 2.05) is 6.92 Å². The van der Waals surface area contributed by atoms with E-state index >= 15 is 0 Å². The lowest BCUT2D eigenvalue weighted by atomic mass is 9.82. The highest BCUT2D eigenvalue weighted by Crippen LogP contribution is 2.36. The van der Waals surface area contributed by atoms with Gasteiger partial charge in [-0.15, -0.1) is 0 Å². The van der Waals surface area contributed by atoms with Gasteiger partial charge in [-0.3, -0.25) is 4.79 Å². The minimum absolute atomic E-state index is 0.0329. The summed E-state index contributed by atoms with van der Waals surface area (Å²) in [6, 6.07) is 0. The van der Waals surface area contributed by atoms with Gasteiger partial charge in [0, 0.05) is 13.7 Å². The predicted octanol–water partition coefficient (Wildman–Crippen LogP) is -0.811. The molecule has 2 saturated heterocycles.